The highest BCUT2D eigenvalue weighted by Crippen LogP contribution is 2.21. The van der Waals surface area contributed by atoms with Crippen molar-refractivity contribution in [1.82, 2.24) is 4.98 Å². The number of amides is 1. The number of thiazole rings is 1. The van der Waals surface area contributed by atoms with Gasteiger partial charge >= 0.3 is 5.97 Å². The molecule has 1 aromatic heterocycles. The molecule has 0 saturated heterocycles. The van der Waals surface area contributed by atoms with Gasteiger partial charge in [-0.05, 0) is 12.0 Å². The van der Waals surface area contributed by atoms with Gasteiger partial charge in [0, 0.05) is 30.3 Å². The minimum Gasteiger partial charge on any atom is -0.481 e. The van der Waals surface area contributed by atoms with Crippen molar-refractivity contribution >= 4 is 28.3 Å². The van der Waals surface area contributed by atoms with E-state index in [1.54, 1.807) is 6.20 Å². The molecule has 0 spiro atoms. The molecule has 0 saturated carbocycles. The Hall–Kier alpha value is -2.21. The number of benzene rings is 1. The molecular formula is C15H16N2O3S. The van der Waals surface area contributed by atoms with E-state index in [-0.39, 0.29) is 18.7 Å². The van der Waals surface area contributed by atoms with Crippen molar-refractivity contribution in [1.29, 1.82) is 0 Å². The average Bonchev–Trinajstić information content (AvgIpc) is 2.86. The molecule has 2 aromatic rings. The van der Waals surface area contributed by atoms with Crippen molar-refractivity contribution in [3.8, 4) is 0 Å². The fourth-order valence-electron chi connectivity index (χ4n) is 1.83. The average molecular weight is 304 g/mol. The normalized spacial score (nSPS) is 10.3. The van der Waals surface area contributed by atoms with Crippen molar-refractivity contribution in [3.63, 3.8) is 0 Å². The van der Waals surface area contributed by atoms with E-state index in [0.29, 0.717) is 11.6 Å². The Labute approximate surface area is 126 Å². The number of carbonyl (C=O) groups is 2. The third kappa shape index (κ3) is 5.35. The number of carbonyl (C=O) groups excluding carboxylic acids is 1. The first-order chi connectivity index (χ1) is 10.1. The van der Waals surface area contributed by atoms with Crippen LogP contribution < -0.4 is 5.32 Å². The predicted octanol–water partition coefficient (Wildman–Crippen LogP) is 2.93. The van der Waals surface area contributed by atoms with E-state index in [0.717, 1.165) is 11.3 Å². The third-order valence-corrected chi connectivity index (χ3v) is 3.73. The summed E-state index contributed by atoms with van der Waals surface area (Å²) in [5, 5.41) is 11.8. The minimum atomic E-state index is -0.887. The van der Waals surface area contributed by atoms with Crippen LogP contribution in [0.3, 0.4) is 0 Å². The number of nitrogens with zero attached hydrogens (tertiary/aromatic N) is 1. The predicted molar refractivity (Wildman–Crippen MR) is 81.5 cm³/mol. The van der Waals surface area contributed by atoms with Gasteiger partial charge in [-0.3, -0.25) is 9.59 Å². The fourth-order valence-corrected chi connectivity index (χ4v) is 2.69. The van der Waals surface area contributed by atoms with Crippen LogP contribution in [0.1, 0.15) is 29.7 Å². The Morgan fingerprint density at radius 2 is 1.95 bits per heavy atom. The number of anilines is 1. The number of hydrogen-bond donors (Lipinski definition) is 2. The van der Waals surface area contributed by atoms with Crippen LogP contribution in [0.4, 0.5) is 5.13 Å². The zero-order valence-electron chi connectivity index (χ0n) is 11.4. The molecule has 0 bridgehead atoms. The summed E-state index contributed by atoms with van der Waals surface area (Å²) in [7, 11) is 0. The molecule has 6 heteroatoms. The lowest BCUT2D eigenvalue weighted by Gasteiger charge is -2.00. The smallest absolute Gasteiger partial charge is 0.303 e. The summed E-state index contributed by atoms with van der Waals surface area (Å²) in [6.07, 6.45) is 3.08. The summed E-state index contributed by atoms with van der Waals surface area (Å²) in [5.41, 5.74) is 1.19. The second kappa shape index (κ2) is 7.54. The maximum atomic E-state index is 11.6. The Bertz CT molecular complexity index is 610. The standard InChI is InChI=1S/C15H16N2O3S/c18-13(7-4-8-14(19)20)17-15-16-10-12(21-15)9-11-5-2-1-3-6-11/h1-3,5-6,10H,4,7-9H2,(H,19,20)(H,16,17,18). The molecule has 5 nitrogen and oxygen atoms in total. The molecule has 1 aromatic carbocycles. The molecule has 1 amide bonds. The van der Waals surface area contributed by atoms with Crippen LogP contribution in [-0.2, 0) is 16.0 Å². The number of carboxylic acids is 1. The van der Waals surface area contributed by atoms with Gasteiger partial charge in [0.05, 0.1) is 0 Å². The van der Waals surface area contributed by atoms with Crippen molar-refractivity contribution in [2.45, 2.75) is 25.7 Å². The molecule has 0 aliphatic heterocycles. The SMILES string of the molecule is O=C(O)CCCC(=O)Nc1ncc(Cc2ccccc2)s1. The Morgan fingerprint density at radius 3 is 2.67 bits per heavy atom. The molecule has 21 heavy (non-hydrogen) atoms. The fraction of sp³-hybridized carbons (Fsp3) is 0.267. The summed E-state index contributed by atoms with van der Waals surface area (Å²) in [5.74, 6) is -1.08. The number of aromatic nitrogens is 1. The Kier molecular flexibility index (Phi) is 5.45. The molecule has 110 valence electrons. The quantitative estimate of drug-likeness (QED) is 0.824. The summed E-state index contributed by atoms with van der Waals surface area (Å²) < 4.78 is 0. The zero-order chi connectivity index (χ0) is 15.1. The van der Waals surface area contributed by atoms with Crippen molar-refractivity contribution < 1.29 is 14.7 Å². The van der Waals surface area contributed by atoms with Crippen molar-refractivity contribution in [2.75, 3.05) is 5.32 Å². The maximum absolute atomic E-state index is 11.6. The van der Waals surface area contributed by atoms with Gasteiger partial charge in [0.15, 0.2) is 5.13 Å². The summed E-state index contributed by atoms with van der Waals surface area (Å²) >= 11 is 1.44. The first kappa shape index (κ1) is 15.2. The molecule has 0 radical (unpaired) electrons. The van der Waals surface area contributed by atoms with E-state index >= 15 is 0 Å². The summed E-state index contributed by atoms with van der Waals surface area (Å²) in [6, 6.07) is 10.0. The highest BCUT2D eigenvalue weighted by molar-refractivity contribution is 7.15. The van der Waals surface area contributed by atoms with E-state index in [9.17, 15) is 9.59 Å². The first-order valence-electron chi connectivity index (χ1n) is 6.64. The Balaban J connectivity index is 1.82. The first-order valence-corrected chi connectivity index (χ1v) is 7.45. The van der Waals surface area contributed by atoms with Gasteiger partial charge in [-0.25, -0.2) is 4.98 Å². The van der Waals surface area contributed by atoms with E-state index in [4.69, 9.17) is 5.11 Å². The molecule has 0 fully saturated rings. The van der Waals surface area contributed by atoms with Crippen molar-refractivity contribution in [3.05, 3.63) is 47.0 Å². The molecule has 0 atom stereocenters. The molecular weight excluding hydrogens is 288 g/mol. The molecule has 1 heterocycles. The van der Waals surface area contributed by atoms with Crippen LogP contribution in [-0.4, -0.2) is 22.0 Å². The highest BCUT2D eigenvalue weighted by Gasteiger charge is 2.08. The number of hydrogen-bond acceptors (Lipinski definition) is 4. The maximum Gasteiger partial charge on any atom is 0.303 e. The van der Waals surface area contributed by atoms with Gasteiger partial charge < -0.3 is 10.4 Å². The van der Waals surface area contributed by atoms with Crippen LogP contribution in [0.2, 0.25) is 0 Å². The largest absolute Gasteiger partial charge is 0.481 e. The lowest BCUT2D eigenvalue weighted by atomic mass is 10.1. The molecule has 0 unspecified atom stereocenters. The van der Waals surface area contributed by atoms with Gasteiger partial charge in [0.1, 0.15) is 0 Å². The zero-order valence-corrected chi connectivity index (χ0v) is 12.2. The van der Waals surface area contributed by atoms with E-state index < -0.39 is 5.97 Å². The Morgan fingerprint density at radius 1 is 1.19 bits per heavy atom. The second-order valence-corrected chi connectivity index (χ2v) is 5.70. The summed E-state index contributed by atoms with van der Waals surface area (Å²) in [6.45, 7) is 0. The molecule has 0 aliphatic rings. The highest BCUT2D eigenvalue weighted by atomic mass is 32.1. The second-order valence-electron chi connectivity index (χ2n) is 4.59. The van der Waals surface area contributed by atoms with Gasteiger partial charge in [-0.15, -0.1) is 11.3 Å². The number of nitrogens with one attached hydrogen (secondary N) is 1. The van der Waals surface area contributed by atoms with Crippen LogP contribution >= 0.6 is 11.3 Å². The van der Waals surface area contributed by atoms with Crippen LogP contribution in [0.25, 0.3) is 0 Å². The van der Waals surface area contributed by atoms with Gasteiger partial charge in [-0.1, -0.05) is 30.3 Å². The number of rotatable bonds is 7. The lowest BCUT2D eigenvalue weighted by molar-refractivity contribution is -0.137. The third-order valence-electron chi connectivity index (χ3n) is 2.82. The van der Waals surface area contributed by atoms with Crippen LogP contribution in [0.5, 0.6) is 0 Å². The van der Waals surface area contributed by atoms with Crippen molar-refractivity contribution in [2.24, 2.45) is 0 Å². The summed E-state index contributed by atoms with van der Waals surface area (Å²) in [4.78, 5) is 27.2. The topological polar surface area (TPSA) is 79.3 Å². The van der Waals surface area contributed by atoms with E-state index in [1.807, 2.05) is 30.3 Å². The van der Waals surface area contributed by atoms with Gasteiger partial charge in [0.25, 0.3) is 0 Å². The molecule has 2 rings (SSSR count). The van der Waals surface area contributed by atoms with Gasteiger partial charge in [-0.2, -0.15) is 0 Å². The lowest BCUT2D eigenvalue weighted by Crippen LogP contribution is -2.11. The van der Waals surface area contributed by atoms with Gasteiger partial charge in [0.2, 0.25) is 5.91 Å². The van der Waals surface area contributed by atoms with E-state index in [2.05, 4.69) is 10.3 Å². The molecule has 0 aliphatic carbocycles. The number of carboxylic acid groups (broad SMARTS) is 1. The molecule has 2 N–H and O–H groups in total. The monoisotopic (exact) mass is 304 g/mol. The minimum absolute atomic E-state index is 0.00451. The number of aliphatic carboxylic acids is 1. The van der Waals surface area contributed by atoms with Crippen LogP contribution in [0.15, 0.2) is 36.5 Å². The van der Waals surface area contributed by atoms with Crippen LogP contribution in [0, 0.1) is 0 Å². The van der Waals surface area contributed by atoms with E-state index in [1.165, 1.54) is 16.9 Å².